The number of sulfonamides is 1. The molecule has 3 unspecified atom stereocenters. The number of β-amino-alcohol motifs (C(OH)–C–C–N with tert-alkyl or cyclic N) is 1. The van der Waals surface area contributed by atoms with Gasteiger partial charge in [0.1, 0.15) is 6.67 Å². The van der Waals surface area contributed by atoms with E-state index in [1.54, 1.807) is 30.3 Å². The molecule has 3 N–H and O–H groups in total. The van der Waals surface area contributed by atoms with Crippen molar-refractivity contribution in [3.8, 4) is 11.1 Å². The number of alkyl halides is 4. The summed E-state index contributed by atoms with van der Waals surface area (Å²) >= 11 is 7.42. The van der Waals surface area contributed by atoms with Crippen LogP contribution in [0.15, 0.2) is 136 Å². The molecule has 0 aliphatic carbocycles. The van der Waals surface area contributed by atoms with E-state index in [-0.39, 0.29) is 35.8 Å². The molecule has 3 atom stereocenters. The van der Waals surface area contributed by atoms with E-state index in [9.17, 15) is 49.4 Å². The van der Waals surface area contributed by atoms with E-state index in [0.29, 0.717) is 69.7 Å². The number of piperidine rings is 1. The number of benzene rings is 5. The van der Waals surface area contributed by atoms with E-state index in [4.69, 9.17) is 11.6 Å². The van der Waals surface area contributed by atoms with Crippen molar-refractivity contribution in [2.45, 2.75) is 57.6 Å². The Hall–Kier alpha value is -4.53. The Morgan fingerprint density at radius 3 is 2.06 bits per heavy atom. The van der Waals surface area contributed by atoms with Crippen LogP contribution in [0, 0.1) is 5.92 Å². The van der Waals surface area contributed by atoms with Crippen LogP contribution in [0.2, 0.25) is 5.02 Å². The SMILES string of the molecule is O=C(NS(=O)(=O)c1ccc(C(CCN2CCN(CC(O)CF)CC2)CSc2ccccc2)c(S(=O)(=O)C(F)(F)F)c1)c1ccc(N2CCC(C(O)c3ccccc3-c3ccc(Cl)cc3)CC2)cc1. The molecule has 2 aliphatic heterocycles. The van der Waals surface area contributed by atoms with Gasteiger partial charge in [0.15, 0.2) is 0 Å². The van der Waals surface area contributed by atoms with Gasteiger partial charge in [0.05, 0.1) is 22.0 Å². The van der Waals surface area contributed by atoms with Crippen LogP contribution in [0.1, 0.15) is 52.8 Å². The van der Waals surface area contributed by atoms with Crippen LogP contribution in [-0.4, -0.2) is 119 Å². The number of hydrogen-bond donors (Lipinski definition) is 3. The van der Waals surface area contributed by atoms with Gasteiger partial charge in [-0.15, -0.1) is 11.8 Å². The van der Waals surface area contributed by atoms with E-state index >= 15 is 0 Å². The summed E-state index contributed by atoms with van der Waals surface area (Å²) in [7, 11) is -11.0. The van der Waals surface area contributed by atoms with Crippen molar-refractivity contribution in [2.24, 2.45) is 5.92 Å². The van der Waals surface area contributed by atoms with Gasteiger partial charge in [0.25, 0.3) is 25.8 Å². The topological polar surface area (TPSA) is 148 Å². The second kappa shape index (κ2) is 22.5. The summed E-state index contributed by atoms with van der Waals surface area (Å²) in [5, 5.41) is 21.9. The maximum atomic E-state index is 14.4. The van der Waals surface area contributed by atoms with Crippen LogP contribution in [-0.2, 0) is 19.9 Å². The maximum Gasteiger partial charge on any atom is 0.501 e. The first-order chi connectivity index (χ1) is 32.4. The molecular formula is C49H53ClF4N4O7S3. The summed E-state index contributed by atoms with van der Waals surface area (Å²) in [4.78, 5) is 18.2. The Labute approximate surface area is 404 Å². The summed E-state index contributed by atoms with van der Waals surface area (Å²) in [6.45, 7) is 2.94. The highest BCUT2D eigenvalue weighted by atomic mass is 35.5. The molecule has 5 aromatic carbocycles. The van der Waals surface area contributed by atoms with Crippen molar-refractivity contribution in [3.63, 3.8) is 0 Å². The molecule has 7 rings (SSSR count). The third-order valence-corrected chi connectivity index (χ3v) is 16.9. The number of sulfone groups is 1. The number of thioether (sulfide) groups is 1. The van der Waals surface area contributed by atoms with Crippen molar-refractivity contribution >= 4 is 54.8 Å². The largest absolute Gasteiger partial charge is 0.501 e. The lowest BCUT2D eigenvalue weighted by Crippen LogP contribution is -2.49. The van der Waals surface area contributed by atoms with Gasteiger partial charge < -0.3 is 20.0 Å². The number of rotatable bonds is 18. The fourth-order valence-electron chi connectivity index (χ4n) is 8.74. The van der Waals surface area contributed by atoms with Gasteiger partial charge in [-0.05, 0) is 121 Å². The number of hydrogen-bond acceptors (Lipinski definition) is 11. The summed E-state index contributed by atoms with van der Waals surface area (Å²) in [5.41, 5.74) is -2.60. The zero-order chi connectivity index (χ0) is 48.6. The molecule has 0 radical (unpaired) electrons. The molecule has 1 amide bonds. The number of halogens is 5. The molecule has 19 heteroatoms. The number of aliphatic hydroxyl groups excluding tert-OH is 2. The van der Waals surface area contributed by atoms with Crippen molar-refractivity contribution < 1.29 is 49.4 Å². The highest BCUT2D eigenvalue weighted by molar-refractivity contribution is 7.99. The number of nitrogens with one attached hydrogen (secondary N) is 1. The van der Waals surface area contributed by atoms with E-state index in [0.717, 1.165) is 39.4 Å². The number of aliphatic hydroxyl groups is 2. The van der Waals surface area contributed by atoms with Gasteiger partial charge in [-0.3, -0.25) is 9.69 Å². The van der Waals surface area contributed by atoms with E-state index in [1.165, 1.54) is 23.9 Å². The number of piperazine rings is 1. The minimum absolute atomic E-state index is 0.0289. The molecule has 5 aromatic rings. The number of nitrogens with zero attached hydrogens (tertiary/aromatic N) is 3. The molecule has 2 aliphatic rings. The first kappa shape index (κ1) is 51.3. The quantitative estimate of drug-likeness (QED) is 0.0573. The van der Waals surface area contributed by atoms with E-state index in [2.05, 4.69) is 9.80 Å². The Balaban J connectivity index is 1.04. The predicted octanol–water partition coefficient (Wildman–Crippen LogP) is 8.58. The maximum absolute atomic E-state index is 14.4. The third kappa shape index (κ3) is 12.6. The molecule has 364 valence electrons. The van der Waals surface area contributed by atoms with Gasteiger partial charge >= 0.3 is 5.51 Å². The summed E-state index contributed by atoms with van der Waals surface area (Å²) < 4.78 is 112. The zero-order valence-electron chi connectivity index (χ0n) is 36.9. The molecule has 2 saturated heterocycles. The van der Waals surface area contributed by atoms with Gasteiger partial charge in [0, 0.05) is 72.7 Å². The number of carbonyl (C=O) groups is 1. The predicted molar refractivity (Wildman–Crippen MR) is 257 cm³/mol. The summed E-state index contributed by atoms with van der Waals surface area (Å²) in [6.07, 6.45) is -0.274. The lowest BCUT2D eigenvalue weighted by atomic mass is 9.84. The Morgan fingerprint density at radius 2 is 1.41 bits per heavy atom. The van der Waals surface area contributed by atoms with Gasteiger partial charge in [-0.1, -0.05) is 72.3 Å². The fraction of sp³-hybridized carbons (Fsp3) is 0.367. The van der Waals surface area contributed by atoms with E-state index in [1.807, 2.05) is 70.3 Å². The van der Waals surface area contributed by atoms with Crippen LogP contribution in [0.4, 0.5) is 23.2 Å². The number of amides is 1. The molecule has 68 heavy (non-hydrogen) atoms. The molecule has 0 bridgehead atoms. The minimum atomic E-state index is -6.10. The average molecular weight is 1020 g/mol. The number of anilines is 1. The standard InChI is InChI=1S/C49H53ClF4N4O7S3/c50-38-14-10-34(11-15-38)43-8-4-5-9-45(43)47(60)35-21-24-58(25-22-35)39-16-12-36(13-17-39)48(61)55-68(64,65)42-18-19-44(46(30-42)67(62,63)49(52,53)54)37(33-66-41-6-2-1-3-7-41)20-23-56-26-28-57(29-27-56)32-40(59)31-51/h1-19,30,35,37,40,47,59-60H,20-29,31-33H2,(H,55,61). The lowest BCUT2D eigenvalue weighted by molar-refractivity contribution is -0.0436. The highest BCUT2D eigenvalue weighted by Crippen LogP contribution is 2.40. The van der Waals surface area contributed by atoms with Gasteiger partial charge in [-0.25, -0.2) is 25.9 Å². The summed E-state index contributed by atoms with van der Waals surface area (Å²) in [6, 6.07) is 32.9. The Bertz CT molecular complexity index is 2710. The van der Waals surface area contributed by atoms with Crippen molar-refractivity contribution in [1.29, 1.82) is 0 Å². The normalized spacial score (nSPS) is 17.1. The Kier molecular flexibility index (Phi) is 17.0. The van der Waals surface area contributed by atoms with Crippen LogP contribution in [0.25, 0.3) is 11.1 Å². The minimum Gasteiger partial charge on any atom is -0.389 e. The second-order valence-corrected chi connectivity index (χ2v) is 22.2. The van der Waals surface area contributed by atoms with Crippen LogP contribution in [0.5, 0.6) is 0 Å². The Morgan fingerprint density at radius 1 is 0.779 bits per heavy atom. The molecule has 2 fully saturated rings. The molecule has 0 spiro atoms. The molecular weight excluding hydrogens is 964 g/mol. The number of carbonyl (C=O) groups excluding carboxylic acids is 1. The van der Waals surface area contributed by atoms with E-state index < -0.39 is 65.9 Å². The molecule has 0 saturated carbocycles. The highest BCUT2D eigenvalue weighted by Gasteiger charge is 2.49. The zero-order valence-corrected chi connectivity index (χ0v) is 40.1. The third-order valence-electron chi connectivity index (χ3n) is 12.6. The van der Waals surface area contributed by atoms with Gasteiger partial charge in [0.2, 0.25) is 0 Å². The van der Waals surface area contributed by atoms with Crippen molar-refractivity contribution in [3.05, 3.63) is 143 Å². The first-order valence-corrected chi connectivity index (χ1v) is 26.5. The molecule has 11 nitrogen and oxygen atoms in total. The van der Waals surface area contributed by atoms with Crippen molar-refractivity contribution in [2.75, 3.05) is 69.7 Å². The monoisotopic (exact) mass is 1020 g/mol. The van der Waals surface area contributed by atoms with Crippen LogP contribution < -0.4 is 9.62 Å². The average Bonchev–Trinajstić information content (AvgIpc) is 3.34. The van der Waals surface area contributed by atoms with Gasteiger partial charge in [-0.2, -0.15) is 13.2 Å². The van der Waals surface area contributed by atoms with Crippen molar-refractivity contribution in [1.82, 2.24) is 14.5 Å². The lowest BCUT2D eigenvalue weighted by Gasteiger charge is -2.36. The smallest absolute Gasteiger partial charge is 0.389 e. The molecule has 0 aromatic heterocycles. The first-order valence-electron chi connectivity index (χ1n) is 22.2. The molecule has 2 heterocycles. The van der Waals surface area contributed by atoms with Crippen LogP contribution in [0.3, 0.4) is 0 Å². The van der Waals surface area contributed by atoms with Crippen LogP contribution >= 0.6 is 23.4 Å². The summed E-state index contributed by atoms with van der Waals surface area (Å²) in [5.74, 6) is -1.74. The fourth-order valence-corrected chi connectivity index (χ4v) is 12.1. The second-order valence-electron chi connectivity index (χ2n) is 17.1.